The Balaban J connectivity index is 1.63. The minimum Gasteiger partial charge on any atom is -0.444 e. The first-order valence-electron chi connectivity index (χ1n) is 9.48. The van der Waals surface area contributed by atoms with Crippen LogP contribution in [0.2, 0.25) is 0 Å². The molecule has 3 aliphatic rings. The molecular weight excluding hydrogens is 322 g/mol. The third-order valence-corrected chi connectivity index (χ3v) is 5.65. The van der Waals surface area contributed by atoms with Crippen molar-refractivity contribution in [1.29, 1.82) is 0 Å². The summed E-state index contributed by atoms with van der Waals surface area (Å²) in [4.78, 5) is 14.1. The Hall–Kier alpha value is -0.850. The van der Waals surface area contributed by atoms with Crippen LogP contribution in [-0.4, -0.2) is 58.9 Å². The number of amides is 1. The van der Waals surface area contributed by atoms with Crippen LogP contribution in [0.15, 0.2) is 0 Å². The van der Waals surface area contributed by atoms with Crippen molar-refractivity contribution in [1.82, 2.24) is 4.90 Å². The van der Waals surface area contributed by atoms with Gasteiger partial charge in [0.15, 0.2) is 5.79 Å². The Morgan fingerprint density at radius 2 is 1.84 bits per heavy atom. The summed E-state index contributed by atoms with van der Waals surface area (Å²) in [6.45, 7) is 13.0. The van der Waals surface area contributed by atoms with Crippen molar-refractivity contribution < 1.29 is 24.1 Å². The zero-order chi connectivity index (χ0) is 18.6. The molecule has 6 heteroatoms. The number of aliphatic hydroxyl groups is 1. The molecule has 3 fully saturated rings. The normalized spacial score (nSPS) is 40.8. The van der Waals surface area contributed by atoms with Gasteiger partial charge in [0.05, 0.1) is 12.2 Å². The molecule has 1 amide bonds. The highest BCUT2D eigenvalue weighted by molar-refractivity contribution is 5.68. The topological polar surface area (TPSA) is 68.2 Å². The van der Waals surface area contributed by atoms with E-state index in [2.05, 4.69) is 6.92 Å². The number of aliphatic hydroxyl groups excluding tert-OH is 1. The maximum atomic E-state index is 12.3. The van der Waals surface area contributed by atoms with Gasteiger partial charge in [0.2, 0.25) is 0 Å². The molecule has 3 rings (SSSR count). The average molecular weight is 355 g/mol. The first-order valence-corrected chi connectivity index (χ1v) is 9.48. The molecule has 0 spiro atoms. The quantitative estimate of drug-likeness (QED) is 0.783. The number of carbonyl (C=O) groups excluding carboxylic acids is 1. The monoisotopic (exact) mass is 355 g/mol. The number of hydrogen-bond acceptors (Lipinski definition) is 5. The fourth-order valence-corrected chi connectivity index (χ4v) is 4.70. The Labute approximate surface area is 150 Å². The summed E-state index contributed by atoms with van der Waals surface area (Å²) in [5, 5.41) is 10.4. The zero-order valence-electron chi connectivity index (χ0n) is 16.3. The molecule has 1 saturated carbocycles. The van der Waals surface area contributed by atoms with E-state index >= 15 is 0 Å². The molecule has 0 aromatic heterocycles. The molecule has 25 heavy (non-hydrogen) atoms. The maximum Gasteiger partial charge on any atom is 0.410 e. The molecule has 2 aliphatic heterocycles. The fraction of sp³-hybridized carbons (Fsp3) is 0.947. The van der Waals surface area contributed by atoms with E-state index in [-0.39, 0.29) is 24.2 Å². The summed E-state index contributed by atoms with van der Waals surface area (Å²) in [6, 6.07) is 0. The maximum absolute atomic E-state index is 12.3. The third kappa shape index (κ3) is 3.96. The molecule has 6 atom stereocenters. The Morgan fingerprint density at radius 3 is 2.44 bits per heavy atom. The highest BCUT2D eigenvalue weighted by Gasteiger charge is 2.56. The van der Waals surface area contributed by atoms with Crippen molar-refractivity contribution in [3.05, 3.63) is 0 Å². The predicted molar refractivity (Wildman–Crippen MR) is 93.0 cm³/mol. The third-order valence-electron chi connectivity index (χ3n) is 5.65. The van der Waals surface area contributed by atoms with Crippen LogP contribution in [0.4, 0.5) is 4.79 Å². The molecule has 0 aromatic carbocycles. The summed E-state index contributed by atoms with van der Waals surface area (Å²) >= 11 is 0. The van der Waals surface area contributed by atoms with Gasteiger partial charge in [0.1, 0.15) is 11.7 Å². The largest absolute Gasteiger partial charge is 0.444 e. The highest BCUT2D eigenvalue weighted by atomic mass is 16.8. The molecule has 144 valence electrons. The lowest BCUT2D eigenvalue weighted by atomic mass is 9.76. The van der Waals surface area contributed by atoms with Gasteiger partial charge in [-0.15, -0.1) is 0 Å². The number of piperidine rings is 1. The summed E-state index contributed by atoms with van der Waals surface area (Å²) < 4.78 is 17.5. The summed E-state index contributed by atoms with van der Waals surface area (Å²) in [6.07, 6.45) is 0.649. The van der Waals surface area contributed by atoms with Gasteiger partial charge in [-0.25, -0.2) is 4.79 Å². The number of fused-ring (bicyclic) bond motifs is 1. The lowest BCUT2D eigenvalue weighted by Gasteiger charge is -2.41. The van der Waals surface area contributed by atoms with Gasteiger partial charge in [-0.3, -0.25) is 0 Å². The van der Waals surface area contributed by atoms with E-state index in [4.69, 9.17) is 14.2 Å². The first-order chi connectivity index (χ1) is 11.5. The van der Waals surface area contributed by atoms with Crippen LogP contribution in [0.1, 0.15) is 54.4 Å². The van der Waals surface area contributed by atoms with Gasteiger partial charge < -0.3 is 24.2 Å². The minimum absolute atomic E-state index is 0.0504. The van der Waals surface area contributed by atoms with Crippen LogP contribution in [0.5, 0.6) is 0 Å². The van der Waals surface area contributed by atoms with Crippen LogP contribution in [0.25, 0.3) is 0 Å². The average Bonchev–Trinajstić information content (AvgIpc) is 2.92. The van der Waals surface area contributed by atoms with Crippen LogP contribution < -0.4 is 0 Å². The second-order valence-corrected chi connectivity index (χ2v) is 9.39. The van der Waals surface area contributed by atoms with Gasteiger partial charge in [-0.1, -0.05) is 6.92 Å². The standard InChI is InChI=1S/C19H33NO5/c1-11-10-20(17(22)25-18(2,3)4)8-7-12(11)13-9-14(21)16-15(13)23-19(5,6)24-16/h11-16,21H,7-10H2,1-6H3/t11?,12?,13-,14+,15-,16+/m1/s1. The second-order valence-electron chi connectivity index (χ2n) is 9.39. The zero-order valence-corrected chi connectivity index (χ0v) is 16.3. The number of carbonyl (C=O) groups is 1. The SMILES string of the molecule is CC1CN(C(=O)OC(C)(C)C)CCC1[C@H]1C[C@H](O)[C@@H]2OC(C)(C)O[C@@H]21. The van der Waals surface area contributed by atoms with Crippen molar-refractivity contribution in [2.75, 3.05) is 13.1 Å². The van der Waals surface area contributed by atoms with Crippen molar-refractivity contribution in [2.24, 2.45) is 17.8 Å². The molecule has 0 bridgehead atoms. The number of likely N-dealkylation sites (tertiary alicyclic amines) is 1. The van der Waals surface area contributed by atoms with E-state index < -0.39 is 17.5 Å². The molecule has 2 unspecified atom stereocenters. The van der Waals surface area contributed by atoms with E-state index in [0.717, 1.165) is 6.42 Å². The lowest BCUT2D eigenvalue weighted by Crippen LogP contribution is -2.47. The first kappa shape index (κ1) is 18.9. The predicted octanol–water partition coefficient (Wildman–Crippen LogP) is 2.78. The van der Waals surface area contributed by atoms with E-state index in [1.54, 1.807) is 0 Å². The van der Waals surface area contributed by atoms with Crippen LogP contribution >= 0.6 is 0 Å². The van der Waals surface area contributed by atoms with E-state index in [9.17, 15) is 9.90 Å². The van der Waals surface area contributed by atoms with Crippen LogP contribution in [0, 0.1) is 17.8 Å². The van der Waals surface area contributed by atoms with Crippen molar-refractivity contribution in [3.8, 4) is 0 Å². The van der Waals surface area contributed by atoms with Gasteiger partial charge in [0.25, 0.3) is 0 Å². The highest BCUT2D eigenvalue weighted by Crippen LogP contribution is 2.47. The molecule has 1 N–H and O–H groups in total. The molecule has 2 heterocycles. The smallest absolute Gasteiger partial charge is 0.410 e. The van der Waals surface area contributed by atoms with Crippen molar-refractivity contribution >= 4 is 6.09 Å². The summed E-state index contributed by atoms with van der Waals surface area (Å²) in [7, 11) is 0. The Morgan fingerprint density at radius 1 is 1.20 bits per heavy atom. The molecular formula is C19H33NO5. The van der Waals surface area contributed by atoms with Gasteiger partial charge in [-0.05, 0) is 65.2 Å². The van der Waals surface area contributed by atoms with E-state index in [0.29, 0.717) is 31.3 Å². The molecule has 6 nitrogen and oxygen atoms in total. The fourth-order valence-electron chi connectivity index (χ4n) is 4.70. The van der Waals surface area contributed by atoms with Crippen LogP contribution in [-0.2, 0) is 14.2 Å². The Kier molecular flexibility index (Phi) is 4.84. The minimum atomic E-state index is -0.630. The molecule has 1 aliphatic carbocycles. The molecule has 2 saturated heterocycles. The van der Waals surface area contributed by atoms with E-state index in [1.807, 2.05) is 39.5 Å². The van der Waals surface area contributed by atoms with Crippen LogP contribution in [0.3, 0.4) is 0 Å². The van der Waals surface area contributed by atoms with E-state index in [1.165, 1.54) is 0 Å². The number of hydrogen-bond donors (Lipinski definition) is 1. The van der Waals surface area contributed by atoms with Gasteiger partial charge in [-0.2, -0.15) is 0 Å². The van der Waals surface area contributed by atoms with Crippen molar-refractivity contribution in [3.63, 3.8) is 0 Å². The summed E-state index contributed by atoms with van der Waals surface area (Å²) in [5.74, 6) is 0.401. The van der Waals surface area contributed by atoms with Gasteiger partial charge >= 0.3 is 6.09 Å². The molecule has 0 radical (unpaired) electrons. The lowest BCUT2D eigenvalue weighted by molar-refractivity contribution is -0.170. The van der Waals surface area contributed by atoms with Gasteiger partial charge in [0, 0.05) is 13.1 Å². The summed E-state index contributed by atoms with van der Waals surface area (Å²) in [5.41, 5.74) is -0.472. The number of rotatable bonds is 1. The molecule has 0 aromatic rings. The number of nitrogens with zero attached hydrogens (tertiary/aromatic N) is 1. The van der Waals surface area contributed by atoms with Crippen molar-refractivity contribution in [2.45, 2.75) is 84.1 Å². The Bertz CT molecular complexity index is 514. The second kappa shape index (κ2) is 6.39. The number of ether oxygens (including phenoxy) is 3.